The molecule has 0 N–H and O–H groups in total. The van der Waals surface area contributed by atoms with Gasteiger partial charge in [0.05, 0.1) is 0 Å². The molecule has 1 aliphatic carbocycles. The molecule has 0 bridgehead atoms. The molecule has 0 heterocycles. The van der Waals surface area contributed by atoms with E-state index in [1.807, 2.05) is 0 Å². The third kappa shape index (κ3) is 10.9. The maximum absolute atomic E-state index is 3.75. The molecule has 1 rings (SSSR count). The van der Waals surface area contributed by atoms with Crippen LogP contribution in [-0.4, -0.2) is 154 Å². The molecule has 1 fully saturated rings. The van der Waals surface area contributed by atoms with E-state index in [0.717, 1.165) is 5.92 Å². The van der Waals surface area contributed by atoms with Crippen LogP contribution in [0.3, 0.4) is 0 Å². The Hall–Kier alpha value is 4.91. The second-order valence-corrected chi connectivity index (χ2v) is 1.73. The molecule has 0 nitrogen and oxygen atoms in total. The summed E-state index contributed by atoms with van der Waals surface area (Å²) in [6.07, 6.45) is 4.06. The molecule has 3 heteroatoms. The Kier molecular flexibility index (Phi) is 27.8. The van der Waals surface area contributed by atoms with Crippen molar-refractivity contribution in [2.24, 2.45) is 5.92 Å². The summed E-state index contributed by atoms with van der Waals surface area (Å²) in [6.45, 7) is 3.75. The average Bonchev–Trinajstić information content (AvgIpc) is 2.12. The van der Waals surface area contributed by atoms with Crippen LogP contribution in [0, 0.1) is 12.8 Å². The van der Waals surface area contributed by atoms with E-state index in [1.54, 1.807) is 0 Å². The second kappa shape index (κ2) is 11.9. The summed E-state index contributed by atoms with van der Waals surface area (Å²) < 4.78 is 0. The Labute approximate surface area is 180 Å². The van der Waals surface area contributed by atoms with Crippen molar-refractivity contribution in [3.63, 3.8) is 0 Å². The third-order valence-electron chi connectivity index (χ3n) is 1.11. The molecule has 0 aromatic rings. The third-order valence-corrected chi connectivity index (χ3v) is 1.11. The van der Waals surface area contributed by atoms with Crippen LogP contribution in [0.4, 0.5) is 0 Å². The fourth-order valence-corrected chi connectivity index (χ4v) is 0.407. The normalized spacial score (nSPS) is 14.6. The molecule has 0 aromatic carbocycles. The standard InChI is InChI=1S/C5H9.3K.3H/c1-2-5-3-4-5;;;;;;/h5H,1-4H2;;;;;;. The van der Waals surface area contributed by atoms with Crippen LogP contribution in [-0.2, 0) is 0 Å². The van der Waals surface area contributed by atoms with Crippen molar-refractivity contribution in [3.05, 3.63) is 6.92 Å². The van der Waals surface area contributed by atoms with Crippen LogP contribution in [0.15, 0.2) is 0 Å². The maximum atomic E-state index is 3.75. The van der Waals surface area contributed by atoms with Crippen LogP contribution in [0.25, 0.3) is 0 Å². The Bertz CT molecular complexity index is 34.7. The van der Waals surface area contributed by atoms with Crippen molar-refractivity contribution < 1.29 is 0 Å². The first kappa shape index (κ1) is 18.6. The van der Waals surface area contributed by atoms with Gasteiger partial charge in [-0.1, -0.05) is 26.2 Å². The quantitative estimate of drug-likeness (QED) is 0.496. The van der Waals surface area contributed by atoms with Gasteiger partial charge in [-0.25, -0.2) is 0 Å². The Morgan fingerprint density at radius 1 is 1.12 bits per heavy atom. The van der Waals surface area contributed by atoms with Gasteiger partial charge >= 0.3 is 154 Å². The second-order valence-electron chi connectivity index (χ2n) is 1.73. The van der Waals surface area contributed by atoms with Crippen molar-refractivity contribution in [2.45, 2.75) is 19.3 Å². The van der Waals surface area contributed by atoms with Crippen LogP contribution in [0.1, 0.15) is 19.3 Å². The van der Waals surface area contributed by atoms with Gasteiger partial charge in [0.15, 0.2) is 0 Å². The summed E-state index contributed by atoms with van der Waals surface area (Å²) in [5, 5.41) is 0. The number of rotatable bonds is 1. The van der Waals surface area contributed by atoms with Gasteiger partial charge in [-0.2, -0.15) is 0 Å². The summed E-state index contributed by atoms with van der Waals surface area (Å²) >= 11 is 0. The summed E-state index contributed by atoms with van der Waals surface area (Å²) in [5.41, 5.74) is 0. The van der Waals surface area contributed by atoms with Crippen molar-refractivity contribution in [3.8, 4) is 0 Å². The fourth-order valence-electron chi connectivity index (χ4n) is 0.407. The van der Waals surface area contributed by atoms with Crippen molar-refractivity contribution in [1.29, 1.82) is 0 Å². The zero-order chi connectivity index (χ0) is 3.70. The SMILES string of the molecule is [CH2]CC1CC1.[KH].[KH].[KH]. The molecule has 0 amide bonds. The molecule has 0 atom stereocenters. The molecule has 35 valence electrons. The predicted molar refractivity (Wildman–Crippen MR) is 44.1 cm³/mol. The van der Waals surface area contributed by atoms with Crippen molar-refractivity contribution in [2.75, 3.05) is 0 Å². The topological polar surface area (TPSA) is 0 Å². The molecule has 0 unspecified atom stereocenters. The number of hydrogen-bond acceptors (Lipinski definition) is 0. The van der Waals surface area contributed by atoms with Gasteiger partial charge in [-0.3, -0.25) is 0 Å². The van der Waals surface area contributed by atoms with Gasteiger partial charge < -0.3 is 0 Å². The van der Waals surface area contributed by atoms with Gasteiger partial charge in [0.1, 0.15) is 0 Å². The Balaban J connectivity index is -0.0000000833. The fraction of sp³-hybridized carbons (Fsp3) is 0.800. The molecule has 0 saturated heterocycles. The van der Waals surface area contributed by atoms with Crippen LogP contribution < -0.4 is 0 Å². The summed E-state index contributed by atoms with van der Waals surface area (Å²) in [4.78, 5) is 0. The minimum absolute atomic E-state index is 0. The van der Waals surface area contributed by atoms with Crippen LogP contribution >= 0.6 is 0 Å². The predicted octanol–water partition coefficient (Wildman–Crippen LogP) is -0.325. The van der Waals surface area contributed by atoms with E-state index in [-0.39, 0.29) is 154 Å². The summed E-state index contributed by atoms with van der Waals surface area (Å²) in [5.74, 6) is 1.02. The molecular weight excluding hydrogens is 177 g/mol. The van der Waals surface area contributed by atoms with Gasteiger partial charge in [0.25, 0.3) is 0 Å². The monoisotopic (exact) mass is 189 g/mol. The van der Waals surface area contributed by atoms with E-state index in [1.165, 1.54) is 19.3 Å². The van der Waals surface area contributed by atoms with Crippen molar-refractivity contribution >= 4 is 154 Å². The Morgan fingerprint density at radius 3 is 1.50 bits per heavy atom. The van der Waals surface area contributed by atoms with Gasteiger partial charge in [0.2, 0.25) is 0 Å². The van der Waals surface area contributed by atoms with E-state index in [9.17, 15) is 0 Å². The first-order valence-corrected chi connectivity index (χ1v) is 2.22. The van der Waals surface area contributed by atoms with Gasteiger partial charge in [0, 0.05) is 0 Å². The zero-order valence-corrected chi connectivity index (χ0v) is 3.41. The van der Waals surface area contributed by atoms with Crippen LogP contribution in [0.2, 0.25) is 0 Å². The van der Waals surface area contributed by atoms with E-state index in [0.29, 0.717) is 0 Å². The minimum atomic E-state index is 0. The number of hydrogen-bond donors (Lipinski definition) is 0. The molecule has 1 aliphatic rings. The first-order chi connectivity index (χ1) is 2.43. The van der Waals surface area contributed by atoms with E-state index < -0.39 is 0 Å². The Morgan fingerprint density at radius 2 is 1.50 bits per heavy atom. The van der Waals surface area contributed by atoms with E-state index in [4.69, 9.17) is 0 Å². The average molecular weight is 189 g/mol. The molecule has 1 radical (unpaired) electrons. The molecule has 0 aromatic heterocycles. The molecule has 1 saturated carbocycles. The molecule has 8 heavy (non-hydrogen) atoms. The first-order valence-electron chi connectivity index (χ1n) is 2.22. The molecule has 0 spiro atoms. The van der Waals surface area contributed by atoms with Crippen LogP contribution in [0.5, 0.6) is 0 Å². The van der Waals surface area contributed by atoms with E-state index >= 15 is 0 Å². The molecular formula is C5H12K3. The summed E-state index contributed by atoms with van der Waals surface area (Å²) in [7, 11) is 0. The van der Waals surface area contributed by atoms with Gasteiger partial charge in [-0.05, 0) is 5.92 Å². The zero-order valence-electron chi connectivity index (χ0n) is 3.41. The van der Waals surface area contributed by atoms with Gasteiger partial charge in [-0.15, -0.1) is 0 Å². The van der Waals surface area contributed by atoms with E-state index in [2.05, 4.69) is 6.92 Å². The summed E-state index contributed by atoms with van der Waals surface area (Å²) in [6, 6.07) is 0. The van der Waals surface area contributed by atoms with Crippen molar-refractivity contribution in [1.82, 2.24) is 0 Å². The molecule has 0 aliphatic heterocycles.